The quantitative estimate of drug-likeness (QED) is 0.723. The molecule has 7 nitrogen and oxygen atoms in total. The van der Waals surface area contributed by atoms with Crippen LogP contribution in [0.15, 0.2) is 12.0 Å². The van der Waals surface area contributed by atoms with E-state index in [-0.39, 0.29) is 11.5 Å². The topological polar surface area (TPSA) is 76.2 Å². The first kappa shape index (κ1) is 19.8. The number of ether oxygens (including phenoxy) is 2. The fraction of sp³-hybridized carbons (Fsp3) is 0.800. The molecule has 0 bridgehead atoms. The van der Waals surface area contributed by atoms with E-state index in [0.717, 1.165) is 0 Å². The summed E-state index contributed by atoms with van der Waals surface area (Å²) in [5.74, 6) is 0.883. The van der Waals surface area contributed by atoms with Crippen molar-refractivity contribution in [2.45, 2.75) is 33.3 Å². The largest absolute Gasteiger partial charge is 0.493 e. The Bertz CT molecular complexity index is 537. The second-order valence-electron chi connectivity index (χ2n) is 6.59. The van der Waals surface area contributed by atoms with Crippen molar-refractivity contribution < 1.29 is 22.7 Å². The number of sulfone groups is 1. The molecule has 1 aliphatic heterocycles. The molecule has 0 aromatic rings. The first-order valence-corrected chi connectivity index (χ1v) is 9.56. The van der Waals surface area contributed by atoms with E-state index in [1.807, 2.05) is 32.7 Å². The molecule has 0 aliphatic carbocycles. The van der Waals surface area contributed by atoms with Gasteiger partial charge >= 0.3 is 6.09 Å². The molecular formula is C15H28N2O5S. The lowest BCUT2D eigenvalue weighted by Gasteiger charge is -2.29. The van der Waals surface area contributed by atoms with Gasteiger partial charge in [0.2, 0.25) is 0 Å². The van der Waals surface area contributed by atoms with Crippen molar-refractivity contribution in [2.75, 3.05) is 44.8 Å². The van der Waals surface area contributed by atoms with Gasteiger partial charge in [-0.2, -0.15) is 0 Å². The van der Waals surface area contributed by atoms with Gasteiger partial charge in [-0.15, -0.1) is 0 Å². The van der Waals surface area contributed by atoms with Gasteiger partial charge in [0.05, 0.1) is 18.8 Å². The summed E-state index contributed by atoms with van der Waals surface area (Å²) < 4.78 is 33.9. The molecule has 0 aromatic carbocycles. The van der Waals surface area contributed by atoms with Crippen LogP contribution < -0.4 is 0 Å². The highest BCUT2D eigenvalue weighted by Crippen LogP contribution is 2.14. The van der Waals surface area contributed by atoms with Crippen LogP contribution in [0.2, 0.25) is 0 Å². The van der Waals surface area contributed by atoms with Crippen LogP contribution in [0.3, 0.4) is 0 Å². The standard InChI is InChI=1S/C15H28N2O5S/c1-6-23(19,20)10-8-16(5)11-13-12-17(7-9-21-13)14(18)22-15(2,3)4/h12H,6-11H2,1-5H3. The van der Waals surface area contributed by atoms with E-state index in [2.05, 4.69) is 0 Å². The number of likely N-dealkylation sites (N-methyl/N-ethyl adjacent to an activating group) is 1. The summed E-state index contributed by atoms with van der Waals surface area (Å²) in [5, 5.41) is 0. The SMILES string of the molecule is CCS(=O)(=O)CCN(C)CC1=CN(C(=O)OC(C)(C)C)CCO1. The predicted molar refractivity (Wildman–Crippen MR) is 88.8 cm³/mol. The minimum Gasteiger partial charge on any atom is -0.493 e. The van der Waals surface area contributed by atoms with Crippen molar-refractivity contribution in [3.05, 3.63) is 12.0 Å². The van der Waals surface area contributed by atoms with Crippen LogP contribution in [-0.2, 0) is 19.3 Å². The zero-order chi connectivity index (χ0) is 17.7. The maximum absolute atomic E-state index is 12.1. The van der Waals surface area contributed by atoms with Crippen LogP contribution in [0.25, 0.3) is 0 Å². The third kappa shape index (κ3) is 7.69. The molecule has 1 aliphatic rings. The normalized spacial score (nSPS) is 16.1. The van der Waals surface area contributed by atoms with Gasteiger partial charge in [-0.05, 0) is 27.8 Å². The highest BCUT2D eigenvalue weighted by molar-refractivity contribution is 7.91. The van der Waals surface area contributed by atoms with E-state index < -0.39 is 21.5 Å². The molecule has 1 rings (SSSR count). The van der Waals surface area contributed by atoms with Crippen molar-refractivity contribution in [2.24, 2.45) is 0 Å². The first-order valence-electron chi connectivity index (χ1n) is 7.74. The molecule has 134 valence electrons. The van der Waals surface area contributed by atoms with Crippen molar-refractivity contribution in [3.8, 4) is 0 Å². The zero-order valence-corrected chi connectivity index (χ0v) is 15.5. The Hall–Kier alpha value is -1.28. The van der Waals surface area contributed by atoms with E-state index in [4.69, 9.17) is 9.47 Å². The minimum atomic E-state index is -2.99. The summed E-state index contributed by atoms with van der Waals surface area (Å²) in [6.07, 6.45) is 1.22. The first-order chi connectivity index (χ1) is 10.5. The van der Waals surface area contributed by atoms with Crippen molar-refractivity contribution in [1.29, 1.82) is 0 Å². The monoisotopic (exact) mass is 348 g/mol. The second-order valence-corrected chi connectivity index (χ2v) is 9.06. The van der Waals surface area contributed by atoms with Gasteiger partial charge in [-0.25, -0.2) is 13.2 Å². The van der Waals surface area contributed by atoms with Crippen LogP contribution >= 0.6 is 0 Å². The van der Waals surface area contributed by atoms with Crippen molar-refractivity contribution >= 4 is 15.9 Å². The Morgan fingerprint density at radius 3 is 2.65 bits per heavy atom. The van der Waals surface area contributed by atoms with Crippen LogP contribution in [0, 0.1) is 0 Å². The molecular weight excluding hydrogens is 320 g/mol. The van der Waals surface area contributed by atoms with Gasteiger partial charge in [0.25, 0.3) is 0 Å². The molecule has 1 heterocycles. The second kappa shape index (κ2) is 8.01. The maximum atomic E-state index is 12.1. The van der Waals surface area contributed by atoms with Crippen LogP contribution in [-0.4, -0.2) is 74.7 Å². The fourth-order valence-corrected chi connectivity index (χ4v) is 2.76. The molecule has 0 aromatic heterocycles. The lowest BCUT2D eigenvalue weighted by molar-refractivity contribution is 0.0234. The molecule has 0 radical (unpaired) electrons. The number of nitrogens with zero attached hydrogens (tertiary/aromatic N) is 2. The third-order valence-corrected chi connectivity index (χ3v) is 4.88. The number of rotatable bonds is 6. The number of carbonyl (C=O) groups is 1. The molecule has 0 fully saturated rings. The van der Waals surface area contributed by atoms with Gasteiger partial charge < -0.3 is 9.47 Å². The molecule has 0 spiro atoms. The van der Waals surface area contributed by atoms with Crippen LogP contribution in [0.1, 0.15) is 27.7 Å². The smallest absolute Gasteiger partial charge is 0.414 e. The number of hydrogen-bond acceptors (Lipinski definition) is 6. The van der Waals surface area contributed by atoms with E-state index in [1.54, 1.807) is 13.1 Å². The summed E-state index contributed by atoms with van der Waals surface area (Å²) in [7, 11) is -1.17. The predicted octanol–water partition coefficient (Wildman–Crippen LogP) is 1.46. The zero-order valence-electron chi connectivity index (χ0n) is 14.7. The Morgan fingerprint density at radius 1 is 1.43 bits per heavy atom. The highest BCUT2D eigenvalue weighted by atomic mass is 32.2. The van der Waals surface area contributed by atoms with Crippen LogP contribution in [0.4, 0.5) is 4.79 Å². The Balaban J connectivity index is 2.57. The van der Waals surface area contributed by atoms with E-state index in [9.17, 15) is 13.2 Å². The van der Waals surface area contributed by atoms with Gasteiger partial charge in [0.15, 0.2) is 9.84 Å². The molecule has 0 atom stereocenters. The highest BCUT2D eigenvalue weighted by Gasteiger charge is 2.24. The Morgan fingerprint density at radius 2 is 2.09 bits per heavy atom. The lowest BCUT2D eigenvalue weighted by Crippen LogP contribution is -2.39. The maximum Gasteiger partial charge on any atom is 0.414 e. The summed E-state index contributed by atoms with van der Waals surface area (Å²) >= 11 is 0. The number of amides is 1. The van der Waals surface area contributed by atoms with E-state index in [1.165, 1.54) is 4.90 Å². The average molecular weight is 348 g/mol. The van der Waals surface area contributed by atoms with Crippen molar-refractivity contribution in [1.82, 2.24) is 9.80 Å². The fourth-order valence-electron chi connectivity index (χ4n) is 1.89. The molecule has 0 N–H and O–H groups in total. The number of carbonyl (C=O) groups excluding carboxylic acids is 1. The van der Waals surface area contributed by atoms with Gasteiger partial charge in [-0.3, -0.25) is 9.80 Å². The average Bonchev–Trinajstić information content (AvgIpc) is 2.44. The molecule has 0 saturated heterocycles. The Labute approximate surface area is 139 Å². The number of hydrogen-bond donors (Lipinski definition) is 0. The summed E-state index contributed by atoms with van der Waals surface area (Å²) in [6, 6.07) is 0. The van der Waals surface area contributed by atoms with E-state index >= 15 is 0 Å². The van der Waals surface area contributed by atoms with Crippen LogP contribution in [0.5, 0.6) is 0 Å². The molecule has 8 heteroatoms. The third-order valence-electron chi connectivity index (χ3n) is 3.20. The molecule has 23 heavy (non-hydrogen) atoms. The van der Waals surface area contributed by atoms with Gasteiger partial charge in [0.1, 0.15) is 18.0 Å². The van der Waals surface area contributed by atoms with Gasteiger partial charge in [0, 0.05) is 18.5 Å². The summed E-state index contributed by atoms with van der Waals surface area (Å²) in [6.45, 7) is 8.79. The van der Waals surface area contributed by atoms with E-state index in [0.29, 0.717) is 32.0 Å². The van der Waals surface area contributed by atoms with Crippen molar-refractivity contribution in [3.63, 3.8) is 0 Å². The molecule has 0 unspecified atom stereocenters. The summed E-state index contributed by atoms with van der Waals surface area (Å²) in [5.41, 5.74) is -0.547. The molecule has 0 saturated carbocycles. The van der Waals surface area contributed by atoms with Gasteiger partial charge in [-0.1, -0.05) is 6.92 Å². The summed E-state index contributed by atoms with van der Waals surface area (Å²) in [4.78, 5) is 15.4. The lowest BCUT2D eigenvalue weighted by atomic mass is 10.2. The minimum absolute atomic E-state index is 0.114. The Kier molecular flexibility index (Phi) is 6.88. The molecule has 1 amide bonds.